The fourth-order valence-corrected chi connectivity index (χ4v) is 3.23. The minimum Gasteiger partial charge on any atom is -0.323 e. The molecule has 2 rings (SSSR count). The molecule has 0 saturated carbocycles. The third-order valence-electron chi connectivity index (χ3n) is 2.21. The van der Waals surface area contributed by atoms with Gasteiger partial charge in [-0.1, -0.05) is 6.92 Å². The van der Waals surface area contributed by atoms with Crippen LogP contribution in [0.15, 0.2) is 17.5 Å². The van der Waals surface area contributed by atoms with Crippen molar-refractivity contribution in [3.8, 4) is 9.88 Å². The predicted molar refractivity (Wildman–Crippen MR) is 67.4 cm³/mol. The second-order valence-electron chi connectivity index (χ2n) is 3.49. The molecule has 0 saturated heterocycles. The van der Waals surface area contributed by atoms with E-state index in [0.29, 0.717) is 0 Å². The smallest absolute Gasteiger partial charge is 0.133 e. The monoisotopic (exact) mass is 238 g/mol. The van der Waals surface area contributed by atoms with E-state index in [1.165, 1.54) is 9.75 Å². The first-order valence-electron chi connectivity index (χ1n) is 5.00. The van der Waals surface area contributed by atoms with E-state index in [0.717, 1.165) is 17.1 Å². The van der Waals surface area contributed by atoms with Crippen molar-refractivity contribution in [3.05, 3.63) is 28.1 Å². The zero-order valence-electron chi connectivity index (χ0n) is 8.86. The molecule has 2 N–H and O–H groups in total. The van der Waals surface area contributed by atoms with Gasteiger partial charge in [-0.3, -0.25) is 0 Å². The van der Waals surface area contributed by atoms with Crippen LogP contribution in [0.3, 0.4) is 0 Å². The summed E-state index contributed by atoms with van der Waals surface area (Å²) in [5.74, 6) is 0. The quantitative estimate of drug-likeness (QED) is 0.889. The average Bonchev–Trinajstić information content (AvgIpc) is 2.86. The molecule has 2 heterocycles. The molecule has 2 aromatic rings. The fourth-order valence-electron chi connectivity index (χ4n) is 1.29. The van der Waals surface area contributed by atoms with Gasteiger partial charge in [-0.15, -0.1) is 22.7 Å². The molecule has 0 amide bonds. The molecule has 0 radical (unpaired) electrons. The lowest BCUT2D eigenvalue weighted by Gasteiger charge is -1.96. The van der Waals surface area contributed by atoms with Crippen molar-refractivity contribution in [2.24, 2.45) is 5.73 Å². The van der Waals surface area contributed by atoms with Gasteiger partial charge in [0.2, 0.25) is 0 Å². The maximum absolute atomic E-state index is 5.78. The van der Waals surface area contributed by atoms with Gasteiger partial charge in [0.25, 0.3) is 0 Å². The van der Waals surface area contributed by atoms with Crippen molar-refractivity contribution in [3.63, 3.8) is 0 Å². The Balaban J connectivity index is 2.28. The Bertz CT molecular complexity index is 443. The predicted octanol–water partition coefficient (Wildman–Crippen LogP) is 3.45. The van der Waals surface area contributed by atoms with Crippen molar-refractivity contribution >= 4 is 22.7 Å². The highest BCUT2D eigenvalue weighted by Gasteiger charge is 2.09. The van der Waals surface area contributed by atoms with E-state index < -0.39 is 0 Å². The topological polar surface area (TPSA) is 38.9 Å². The van der Waals surface area contributed by atoms with Gasteiger partial charge in [-0.25, -0.2) is 4.98 Å². The summed E-state index contributed by atoms with van der Waals surface area (Å²) >= 11 is 3.49. The van der Waals surface area contributed by atoms with E-state index >= 15 is 0 Å². The van der Waals surface area contributed by atoms with E-state index in [-0.39, 0.29) is 6.04 Å². The first-order chi connectivity index (χ1) is 7.20. The standard InChI is InChI=1S/C11H14N2S2/c1-3-8-4-5-10(15-8)11-13-9(6-14-11)7(2)12/h4-7H,3,12H2,1-2H3. The Kier molecular flexibility index (Phi) is 3.19. The van der Waals surface area contributed by atoms with Crippen LogP contribution in [0.4, 0.5) is 0 Å². The summed E-state index contributed by atoms with van der Waals surface area (Å²) in [5, 5.41) is 3.14. The Morgan fingerprint density at radius 2 is 2.27 bits per heavy atom. The molecule has 0 aliphatic heterocycles. The third kappa shape index (κ3) is 2.27. The zero-order chi connectivity index (χ0) is 10.8. The minimum absolute atomic E-state index is 0.0283. The number of hydrogen-bond acceptors (Lipinski definition) is 4. The van der Waals surface area contributed by atoms with Gasteiger partial charge in [-0.2, -0.15) is 0 Å². The first-order valence-corrected chi connectivity index (χ1v) is 6.70. The number of hydrogen-bond donors (Lipinski definition) is 1. The minimum atomic E-state index is 0.0283. The second-order valence-corrected chi connectivity index (χ2v) is 5.51. The van der Waals surface area contributed by atoms with E-state index in [9.17, 15) is 0 Å². The largest absolute Gasteiger partial charge is 0.323 e. The van der Waals surface area contributed by atoms with E-state index in [1.807, 2.05) is 23.6 Å². The lowest BCUT2D eigenvalue weighted by Crippen LogP contribution is -2.04. The molecule has 1 atom stereocenters. The SMILES string of the molecule is CCc1ccc(-c2nc(C(C)N)cs2)s1. The molecule has 80 valence electrons. The van der Waals surface area contributed by atoms with Gasteiger partial charge in [-0.05, 0) is 25.5 Å². The van der Waals surface area contributed by atoms with Gasteiger partial charge < -0.3 is 5.73 Å². The number of rotatable bonds is 3. The average molecular weight is 238 g/mol. The molecule has 0 spiro atoms. The van der Waals surface area contributed by atoms with Crippen molar-refractivity contribution in [1.29, 1.82) is 0 Å². The van der Waals surface area contributed by atoms with Crippen LogP contribution < -0.4 is 5.73 Å². The summed E-state index contributed by atoms with van der Waals surface area (Å²) in [6.07, 6.45) is 1.09. The lowest BCUT2D eigenvalue weighted by atomic mass is 10.3. The van der Waals surface area contributed by atoms with E-state index in [1.54, 1.807) is 11.3 Å². The van der Waals surface area contributed by atoms with E-state index in [4.69, 9.17) is 5.73 Å². The molecule has 1 unspecified atom stereocenters. The van der Waals surface area contributed by atoms with Crippen LogP contribution in [0.2, 0.25) is 0 Å². The van der Waals surface area contributed by atoms with Crippen molar-refractivity contribution in [2.45, 2.75) is 26.3 Å². The summed E-state index contributed by atoms with van der Waals surface area (Å²) in [7, 11) is 0. The molecule has 0 aromatic carbocycles. The maximum atomic E-state index is 5.78. The van der Waals surface area contributed by atoms with Gasteiger partial charge in [0.15, 0.2) is 0 Å². The number of nitrogens with two attached hydrogens (primary N) is 1. The Labute approximate surface area is 97.8 Å². The summed E-state index contributed by atoms with van der Waals surface area (Å²) in [6.45, 7) is 4.13. The van der Waals surface area contributed by atoms with Crippen LogP contribution in [0.1, 0.15) is 30.5 Å². The number of aryl methyl sites for hydroxylation is 1. The van der Waals surface area contributed by atoms with E-state index in [2.05, 4.69) is 24.0 Å². The molecular weight excluding hydrogens is 224 g/mol. The molecule has 0 fully saturated rings. The normalized spacial score (nSPS) is 13.0. The number of thiophene rings is 1. The van der Waals surface area contributed by atoms with Crippen LogP contribution >= 0.6 is 22.7 Å². The number of thiazole rings is 1. The summed E-state index contributed by atoms with van der Waals surface area (Å²) < 4.78 is 0. The van der Waals surface area contributed by atoms with Gasteiger partial charge in [0.05, 0.1) is 10.6 Å². The zero-order valence-corrected chi connectivity index (χ0v) is 10.5. The van der Waals surface area contributed by atoms with Crippen molar-refractivity contribution in [2.75, 3.05) is 0 Å². The highest BCUT2D eigenvalue weighted by atomic mass is 32.1. The highest BCUT2D eigenvalue weighted by molar-refractivity contribution is 7.21. The van der Waals surface area contributed by atoms with Gasteiger partial charge >= 0.3 is 0 Å². The molecule has 0 bridgehead atoms. The summed E-state index contributed by atoms with van der Waals surface area (Å²) in [6, 6.07) is 4.35. The van der Waals surface area contributed by atoms with Gasteiger partial charge in [0.1, 0.15) is 5.01 Å². The Morgan fingerprint density at radius 3 is 2.80 bits per heavy atom. The summed E-state index contributed by atoms with van der Waals surface area (Å²) in [4.78, 5) is 7.19. The van der Waals surface area contributed by atoms with Crippen LogP contribution in [0.5, 0.6) is 0 Å². The Hall–Kier alpha value is -0.710. The van der Waals surface area contributed by atoms with Crippen LogP contribution in [-0.4, -0.2) is 4.98 Å². The van der Waals surface area contributed by atoms with Crippen LogP contribution in [0.25, 0.3) is 9.88 Å². The Morgan fingerprint density at radius 1 is 1.47 bits per heavy atom. The van der Waals surface area contributed by atoms with Crippen molar-refractivity contribution in [1.82, 2.24) is 4.98 Å². The lowest BCUT2D eigenvalue weighted by molar-refractivity contribution is 0.790. The molecule has 2 aromatic heterocycles. The number of nitrogens with zero attached hydrogens (tertiary/aromatic N) is 1. The van der Waals surface area contributed by atoms with Crippen LogP contribution in [-0.2, 0) is 6.42 Å². The molecule has 15 heavy (non-hydrogen) atoms. The second kappa shape index (κ2) is 4.43. The van der Waals surface area contributed by atoms with Crippen molar-refractivity contribution < 1.29 is 0 Å². The summed E-state index contributed by atoms with van der Waals surface area (Å²) in [5.41, 5.74) is 6.77. The molecule has 2 nitrogen and oxygen atoms in total. The first kappa shape index (κ1) is 10.8. The third-order valence-corrected chi connectivity index (χ3v) is 4.47. The fraction of sp³-hybridized carbons (Fsp3) is 0.364. The molecule has 4 heteroatoms. The molecule has 0 aliphatic carbocycles. The molecule has 0 aliphatic rings. The van der Waals surface area contributed by atoms with Crippen LogP contribution in [0, 0.1) is 0 Å². The maximum Gasteiger partial charge on any atom is 0.133 e. The molecular formula is C11H14N2S2. The van der Waals surface area contributed by atoms with Gasteiger partial charge in [0, 0.05) is 16.3 Å². The highest BCUT2D eigenvalue weighted by Crippen LogP contribution is 2.31. The number of aromatic nitrogens is 1.